The van der Waals surface area contributed by atoms with E-state index >= 15 is 0 Å². The van der Waals surface area contributed by atoms with Crippen molar-refractivity contribution in [3.63, 3.8) is 0 Å². The van der Waals surface area contributed by atoms with Gasteiger partial charge >= 0.3 is 11.9 Å². The molecule has 8 heteroatoms. The van der Waals surface area contributed by atoms with Crippen LogP contribution in [0.2, 0.25) is 0 Å². The molecular formula is C16H15NO6S. The maximum atomic E-state index is 12.5. The highest BCUT2D eigenvalue weighted by Crippen LogP contribution is 2.21. The number of carbonyl (C=O) groups is 2. The molecule has 0 heterocycles. The number of nitrogens with one attached hydrogen (secondary N) is 1. The van der Waals surface area contributed by atoms with Crippen LogP contribution in [0.15, 0.2) is 47.4 Å². The van der Waals surface area contributed by atoms with Gasteiger partial charge in [0.25, 0.3) is 10.0 Å². The molecule has 0 aliphatic heterocycles. The van der Waals surface area contributed by atoms with E-state index in [1.54, 1.807) is 6.92 Å². The summed E-state index contributed by atoms with van der Waals surface area (Å²) in [6.07, 6.45) is 0. The SMILES string of the molecule is COC(=O)c1cccc(NS(=O)(=O)c2cc(C(=O)O)ccc2C)c1. The van der Waals surface area contributed by atoms with Crippen molar-refractivity contribution >= 4 is 27.6 Å². The molecule has 0 amide bonds. The summed E-state index contributed by atoms with van der Waals surface area (Å²) in [5, 5.41) is 9.01. The molecular weight excluding hydrogens is 334 g/mol. The van der Waals surface area contributed by atoms with Crippen molar-refractivity contribution in [2.24, 2.45) is 0 Å². The molecule has 2 rings (SSSR count). The molecule has 0 spiro atoms. The second-order valence-electron chi connectivity index (χ2n) is 4.96. The zero-order valence-corrected chi connectivity index (χ0v) is 13.8. The summed E-state index contributed by atoms with van der Waals surface area (Å²) in [6.45, 7) is 1.56. The molecule has 7 nitrogen and oxygen atoms in total. The lowest BCUT2D eigenvalue weighted by Crippen LogP contribution is -2.15. The Morgan fingerprint density at radius 3 is 2.42 bits per heavy atom. The number of sulfonamides is 1. The molecule has 0 saturated heterocycles. The Kier molecular flexibility index (Phi) is 4.89. The number of aromatic carboxylic acids is 1. The van der Waals surface area contributed by atoms with Crippen molar-refractivity contribution in [2.75, 3.05) is 11.8 Å². The summed E-state index contributed by atoms with van der Waals surface area (Å²) in [5.41, 5.74) is 0.618. The smallest absolute Gasteiger partial charge is 0.337 e. The summed E-state index contributed by atoms with van der Waals surface area (Å²) >= 11 is 0. The lowest BCUT2D eigenvalue weighted by Gasteiger charge is -2.11. The molecule has 0 aliphatic carbocycles. The first-order valence-electron chi connectivity index (χ1n) is 6.80. The normalized spacial score (nSPS) is 10.9. The standard InChI is InChI=1S/C16H15NO6S/c1-10-6-7-11(15(18)19)9-14(10)24(21,22)17-13-5-3-4-12(8-13)16(20)23-2/h3-9,17H,1-2H3,(H,18,19). The molecule has 0 unspecified atom stereocenters. The third-order valence-electron chi connectivity index (χ3n) is 3.26. The number of esters is 1. The Labute approximate surface area is 138 Å². The Balaban J connectivity index is 2.41. The van der Waals surface area contributed by atoms with Crippen LogP contribution in [0.1, 0.15) is 26.3 Å². The molecule has 0 saturated carbocycles. The van der Waals surface area contributed by atoms with E-state index in [-0.39, 0.29) is 21.7 Å². The maximum Gasteiger partial charge on any atom is 0.337 e. The van der Waals surface area contributed by atoms with Crippen LogP contribution in [0, 0.1) is 6.92 Å². The number of carboxylic acids is 1. The molecule has 0 bridgehead atoms. The largest absolute Gasteiger partial charge is 0.478 e. The molecule has 2 N–H and O–H groups in total. The molecule has 0 atom stereocenters. The van der Waals surface area contributed by atoms with E-state index in [0.717, 1.165) is 6.07 Å². The van der Waals surface area contributed by atoms with Gasteiger partial charge in [0.15, 0.2) is 0 Å². The highest BCUT2D eigenvalue weighted by atomic mass is 32.2. The van der Waals surface area contributed by atoms with Crippen LogP contribution in [-0.2, 0) is 14.8 Å². The molecule has 0 aromatic heterocycles. The van der Waals surface area contributed by atoms with Gasteiger partial charge in [0, 0.05) is 5.69 Å². The highest BCUT2D eigenvalue weighted by Gasteiger charge is 2.19. The first kappa shape index (κ1) is 17.5. The lowest BCUT2D eigenvalue weighted by atomic mass is 10.1. The van der Waals surface area contributed by atoms with Crippen LogP contribution >= 0.6 is 0 Å². The Bertz CT molecular complexity index is 905. The quantitative estimate of drug-likeness (QED) is 0.802. The van der Waals surface area contributed by atoms with Crippen molar-refractivity contribution in [2.45, 2.75) is 11.8 Å². The molecule has 2 aromatic rings. The van der Waals surface area contributed by atoms with Gasteiger partial charge in [-0.3, -0.25) is 4.72 Å². The summed E-state index contributed by atoms with van der Waals surface area (Å²) in [4.78, 5) is 22.4. The van der Waals surface area contributed by atoms with E-state index < -0.39 is 22.0 Å². The minimum absolute atomic E-state index is 0.135. The number of hydrogen-bond donors (Lipinski definition) is 2. The summed E-state index contributed by atoms with van der Waals surface area (Å²) in [5.74, 6) is -1.82. The van der Waals surface area contributed by atoms with Gasteiger partial charge in [0.2, 0.25) is 0 Å². The third kappa shape index (κ3) is 3.72. The number of benzene rings is 2. The number of aryl methyl sites for hydroxylation is 1. The number of carbonyl (C=O) groups excluding carboxylic acids is 1. The van der Waals surface area contributed by atoms with Gasteiger partial charge in [-0.1, -0.05) is 12.1 Å². The number of hydrogen-bond acceptors (Lipinski definition) is 5. The molecule has 0 aliphatic rings. The predicted octanol–water partition coefficient (Wildman–Crippen LogP) is 2.28. The Hall–Kier alpha value is -2.87. The average Bonchev–Trinajstić information content (AvgIpc) is 2.53. The zero-order valence-electron chi connectivity index (χ0n) is 12.9. The highest BCUT2D eigenvalue weighted by molar-refractivity contribution is 7.92. The minimum Gasteiger partial charge on any atom is -0.478 e. The first-order valence-corrected chi connectivity index (χ1v) is 8.28. The minimum atomic E-state index is -4.01. The van der Waals surface area contributed by atoms with Crippen molar-refractivity contribution < 1.29 is 27.9 Å². The number of anilines is 1. The monoisotopic (exact) mass is 349 g/mol. The van der Waals surface area contributed by atoms with Crippen LogP contribution < -0.4 is 4.72 Å². The molecule has 0 fully saturated rings. The second kappa shape index (κ2) is 6.71. The fourth-order valence-electron chi connectivity index (χ4n) is 2.06. The predicted molar refractivity (Wildman–Crippen MR) is 86.7 cm³/mol. The van der Waals surface area contributed by atoms with Crippen LogP contribution in [0.5, 0.6) is 0 Å². The maximum absolute atomic E-state index is 12.5. The van der Waals surface area contributed by atoms with Crippen molar-refractivity contribution in [3.8, 4) is 0 Å². The van der Waals surface area contributed by atoms with Crippen LogP contribution in [0.3, 0.4) is 0 Å². The molecule has 126 valence electrons. The number of carboxylic acid groups (broad SMARTS) is 1. The van der Waals surface area contributed by atoms with Crippen molar-refractivity contribution in [3.05, 3.63) is 59.2 Å². The molecule has 24 heavy (non-hydrogen) atoms. The van der Waals surface area contributed by atoms with E-state index in [1.807, 2.05) is 0 Å². The third-order valence-corrected chi connectivity index (χ3v) is 4.78. The van der Waals surface area contributed by atoms with Gasteiger partial charge in [-0.2, -0.15) is 0 Å². The zero-order chi connectivity index (χ0) is 17.9. The first-order chi connectivity index (χ1) is 11.2. The number of rotatable bonds is 5. The van der Waals surface area contributed by atoms with Gasteiger partial charge in [-0.25, -0.2) is 18.0 Å². The summed E-state index contributed by atoms with van der Waals surface area (Å²) in [7, 11) is -2.79. The van der Waals surface area contributed by atoms with E-state index in [0.29, 0.717) is 5.56 Å². The average molecular weight is 349 g/mol. The number of ether oxygens (including phenoxy) is 1. The fraction of sp³-hybridized carbons (Fsp3) is 0.125. The second-order valence-corrected chi connectivity index (χ2v) is 6.61. The Morgan fingerprint density at radius 2 is 1.79 bits per heavy atom. The number of methoxy groups -OCH3 is 1. The topological polar surface area (TPSA) is 110 Å². The lowest BCUT2D eigenvalue weighted by molar-refractivity contribution is 0.0600. The van der Waals surface area contributed by atoms with Gasteiger partial charge < -0.3 is 9.84 Å². The van der Waals surface area contributed by atoms with E-state index in [4.69, 9.17) is 5.11 Å². The Morgan fingerprint density at radius 1 is 1.08 bits per heavy atom. The van der Waals surface area contributed by atoms with E-state index in [2.05, 4.69) is 9.46 Å². The summed E-state index contributed by atoms with van der Waals surface area (Å²) < 4.78 is 32.0. The van der Waals surface area contributed by atoms with E-state index in [9.17, 15) is 18.0 Å². The van der Waals surface area contributed by atoms with Crippen LogP contribution in [0.25, 0.3) is 0 Å². The molecule has 2 aromatic carbocycles. The fourth-order valence-corrected chi connectivity index (χ4v) is 3.38. The van der Waals surface area contributed by atoms with E-state index in [1.165, 1.54) is 43.5 Å². The van der Waals surface area contributed by atoms with Crippen molar-refractivity contribution in [1.29, 1.82) is 0 Å². The van der Waals surface area contributed by atoms with Gasteiger partial charge in [0.05, 0.1) is 23.1 Å². The van der Waals surface area contributed by atoms with Crippen molar-refractivity contribution in [1.82, 2.24) is 0 Å². The molecule has 0 radical (unpaired) electrons. The van der Waals surface area contributed by atoms with Gasteiger partial charge in [0.1, 0.15) is 0 Å². The van der Waals surface area contributed by atoms with Gasteiger partial charge in [-0.15, -0.1) is 0 Å². The summed E-state index contributed by atoms with van der Waals surface area (Å²) in [6, 6.07) is 9.63. The van der Waals surface area contributed by atoms with Crippen LogP contribution in [0.4, 0.5) is 5.69 Å². The van der Waals surface area contributed by atoms with Crippen LogP contribution in [-0.4, -0.2) is 32.6 Å². The van der Waals surface area contributed by atoms with Gasteiger partial charge in [-0.05, 0) is 42.8 Å².